The van der Waals surface area contributed by atoms with Gasteiger partial charge in [-0.15, -0.1) is 0 Å². The van der Waals surface area contributed by atoms with Gasteiger partial charge in [-0.3, -0.25) is 14.5 Å². The van der Waals surface area contributed by atoms with Crippen molar-refractivity contribution in [2.75, 3.05) is 12.3 Å². The van der Waals surface area contributed by atoms with E-state index in [4.69, 9.17) is 15.6 Å². The van der Waals surface area contributed by atoms with Gasteiger partial charge in [0.1, 0.15) is 29.3 Å². The molecule has 0 saturated carbocycles. The second-order valence-electron chi connectivity index (χ2n) is 7.92. The molecule has 1 saturated heterocycles. The summed E-state index contributed by atoms with van der Waals surface area (Å²) in [5, 5.41) is 5.32. The first kappa shape index (κ1) is 21.3. The van der Waals surface area contributed by atoms with Gasteiger partial charge < -0.3 is 10.5 Å². The molecule has 0 aliphatic carbocycles. The lowest BCUT2D eigenvalue weighted by Gasteiger charge is -2.26. The van der Waals surface area contributed by atoms with Crippen LogP contribution in [0.25, 0.3) is 22.3 Å². The van der Waals surface area contributed by atoms with Crippen LogP contribution >= 0.6 is 0 Å². The zero-order valence-corrected chi connectivity index (χ0v) is 18.3. The highest BCUT2D eigenvalue weighted by atomic mass is 16.5. The molecule has 9 nitrogen and oxygen atoms in total. The Bertz CT molecular complexity index is 1400. The first-order chi connectivity index (χ1) is 16.5. The molecule has 1 fully saturated rings. The minimum Gasteiger partial charge on any atom is -0.457 e. The van der Waals surface area contributed by atoms with Gasteiger partial charge >= 0.3 is 0 Å². The van der Waals surface area contributed by atoms with Gasteiger partial charge in [0.15, 0.2) is 5.65 Å². The number of hydrogen-bond acceptors (Lipinski definition) is 7. The summed E-state index contributed by atoms with van der Waals surface area (Å²) in [6.45, 7) is 4.20. The molecule has 5 rings (SSSR count). The van der Waals surface area contributed by atoms with Crippen LogP contribution in [0.15, 0.2) is 73.1 Å². The number of likely N-dealkylation sites (tertiary alicyclic amines) is 1. The number of rotatable bonds is 6. The molecule has 170 valence electrons. The average Bonchev–Trinajstić information content (AvgIpc) is 3.23. The van der Waals surface area contributed by atoms with Crippen LogP contribution in [0.4, 0.5) is 5.82 Å². The number of carbonyl (C=O) groups excluding carboxylic acids is 2. The van der Waals surface area contributed by atoms with E-state index >= 15 is 0 Å². The number of aromatic nitrogens is 4. The number of ether oxygens (including phenoxy) is 1. The molecule has 0 radical (unpaired) electrons. The van der Waals surface area contributed by atoms with Crippen LogP contribution < -0.4 is 10.5 Å². The Labute approximate surface area is 195 Å². The van der Waals surface area contributed by atoms with Crippen LogP contribution in [-0.4, -0.2) is 43.0 Å². The number of para-hydroxylation sites is 1. The van der Waals surface area contributed by atoms with E-state index < -0.39 is 0 Å². The van der Waals surface area contributed by atoms with Gasteiger partial charge in [0.2, 0.25) is 5.91 Å². The fraction of sp³-hybridized carbons (Fsp3) is 0.160. The summed E-state index contributed by atoms with van der Waals surface area (Å²) in [7, 11) is 0. The molecule has 34 heavy (non-hydrogen) atoms. The summed E-state index contributed by atoms with van der Waals surface area (Å²) in [5.74, 6) is 1.18. The van der Waals surface area contributed by atoms with Crippen molar-refractivity contribution in [1.29, 1.82) is 0 Å². The van der Waals surface area contributed by atoms with Crippen molar-refractivity contribution >= 4 is 28.7 Å². The number of carbonyl (C=O) groups is 2. The number of fused-ring (bicyclic) bond motifs is 1. The third-order valence-corrected chi connectivity index (χ3v) is 5.69. The molecule has 1 aliphatic heterocycles. The molecule has 2 N–H and O–H groups in total. The van der Waals surface area contributed by atoms with E-state index in [9.17, 15) is 9.59 Å². The molecule has 0 bridgehead atoms. The van der Waals surface area contributed by atoms with E-state index in [2.05, 4.69) is 16.5 Å². The third-order valence-electron chi connectivity index (χ3n) is 5.69. The summed E-state index contributed by atoms with van der Waals surface area (Å²) < 4.78 is 7.52. The number of imide groups is 1. The SMILES string of the molecule is C=C1CCC(=O)N(CCn2nc(-c3ccc(Oc4ccccc4)cc3)c3c(N)ncnc32)C1=O. The highest BCUT2D eigenvalue weighted by Crippen LogP contribution is 2.32. The minimum atomic E-state index is -0.337. The number of hydrogen-bond donors (Lipinski definition) is 1. The van der Waals surface area contributed by atoms with Gasteiger partial charge in [-0.25, -0.2) is 14.6 Å². The molecule has 2 amide bonds. The van der Waals surface area contributed by atoms with Crippen molar-refractivity contribution < 1.29 is 14.3 Å². The Hall–Kier alpha value is -4.53. The quantitative estimate of drug-likeness (QED) is 0.350. The lowest BCUT2D eigenvalue weighted by Crippen LogP contribution is -2.43. The third kappa shape index (κ3) is 3.99. The number of nitrogens with two attached hydrogens (primary N) is 1. The van der Waals surface area contributed by atoms with E-state index in [0.29, 0.717) is 40.3 Å². The van der Waals surface area contributed by atoms with Gasteiger partial charge in [0.25, 0.3) is 5.91 Å². The van der Waals surface area contributed by atoms with Gasteiger partial charge in [0.05, 0.1) is 11.9 Å². The molecule has 0 atom stereocenters. The zero-order valence-electron chi connectivity index (χ0n) is 18.3. The van der Waals surface area contributed by atoms with Gasteiger partial charge in [-0.2, -0.15) is 5.10 Å². The molecular formula is C25H22N6O3. The predicted molar refractivity (Wildman–Crippen MR) is 127 cm³/mol. The van der Waals surface area contributed by atoms with Crippen molar-refractivity contribution in [3.63, 3.8) is 0 Å². The normalized spacial score (nSPS) is 14.1. The maximum Gasteiger partial charge on any atom is 0.255 e. The van der Waals surface area contributed by atoms with Crippen molar-refractivity contribution in [2.45, 2.75) is 19.4 Å². The van der Waals surface area contributed by atoms with Crippen LogP contribution in [0.5, 0.6) is 11.5 Å². The second kappa shape index (κ2) is 8.78. The fourth-order valence-electron chi connectivity index (χ4n) is 3.92. The Morgan fingerprint density at radius 2 is 1.68 bits per heavy atom. The summed E-state index contributed by atoms with van der Waals surface area (Å²) in [5.41, 5.74) is 8.57. The average molecular weight is 454 g/mol. The number of amides is 2. The predicted octanol–water partition coefficient (Wildman–Crippen LogP) is 3.57. The molecule has 9 heteroatoms. The van der Waals surface area contributed by atoms with Crippen molar-refractivity contribution in [2.24, 2.45) is 0 Å². The Balaban J connectivity index is 1.44. The highest BCUT2D eigenvalue weighted by Gasteiger charge is 2.29. The van der Waals surface area contributed by atoms with E-state index in [-0.39, 0.29) is 31.3 Å². The van der Waals surface area contributed by atoms with Crippen LogP contribution in [0, 0.1) is 0 Å². The number of anilines is 1. The van der Waals surface area contributed by atoms with E-state index in [0.717, 1.165) is 11.3 Å². The van der Waals surface area contributed by atoms with Crippen molar-refractivity contribution in [3.8, 4) is 22.8 Å². The minimum absolute atomic E-state index is 0.167. The van der Waals surface area contributed by atoms with Gasteiger partial charge in [0, 0.05) is 24.1 Å². The first-order valence-corrected chi connectivity index (χ1v) is 10.8. The van der Waals surface area contributed by atoms with Crippen LogP contribution in [0.2, 0.25) is 0 Å². The second-order valence-corrected chi connectivity index (χ2v) is 7.92. The Kier molecular flexibility index (Phi) is 5.51. The number of benzene rings is 2. The van der Waals surface area contributed by atoms with E-state index in [1.165, 1.54) is 11.2 Å². The molecule has 2 aromatic carbocycles. The Morgan fingerprint density at radius 3 is 2.44 bits per heavy atom. The van der Waals surface area contributed by atoms with E-state index in [1.54, 1.807) is 4.68 Å². The van der Waals surface area contributed by atoms with Crippen molar-refractivity contribution in [3.05, 3.63) is 73.1 Å². The van der Waals surface area contributed by atoms with Gasteiger partial charge in [-0.1, -0.05) is 24.8 Å². The maximum absolute atomic E-state index is 12.4. The van der Waals surface area contributed by atoms with Gasteiger partial charge in [-0.05, 0) is 42.8 Å². The standard InChI is InChI=1S/C25H22N6O3/c1-16-7-12-20(32)30(25(16)33)13-14-31-24-21(23(26)27-15-28-24)22(29-31)17-8-10-19(11-9-17)34-18-5-3-2-4-6-18/h2-6,8-11,15H,1,7,12-14H2,(H2,26,27,28). The number of nitrogens with zero attached hydrogens (tertiary/aromatic N) is 5. The summed E-state index contributed by atoms with van der Waals surface area (Å²) in [6, 6.07) is 17.0. The molecule has 4 aromatic rings. The number of piperidine rings is 1. The lowest BCUT2D eigenvalue weighted by atomic mass is 10.1. The Morgan fingerprint density at radius 1 is 0.941 bits per heavy atom. The lowest BCUT2D eigenvalue weighted by molar-refractivity contribution is -0.144. The fourth-order valence-corrected chi connectivity index (χ4v) is 3.92. The molecule has 1 aliphatic rings. The summed E-state index contributed by atoms with van der Waals surface area (Å²) >= 11 is 0. The largest absolute Gasteiger partial charge is 0.457 e. The molecule has 0 spiro atoms. The zero-order chi connectivity index (χ0) is 23.7. The smallest absolute Gasteiger partial charge is 0.255 e. The topological polar surface area (TPSA) is 116 Å². The molecule has 3 heterocycles. The molecular weight excluding hydrogens is 432 g/mol. The monoisotopic (exact) mass is 454 g/mol. The molecule has 2 aromatic heterocycles. The number of nitrogen functional groups attached to an aromatic ring is 1. The van der Waals surface area contributed by atoms with Crippen LogP contribution in [0.3, 0.4) is 0 Å². The maximum atomic E-state index is 12.4. The summed E-state index contributed by atoms with van der Waals surface area (Å²) in [4.78, 5) is 34.3. The first-order valence-electron chi connectivity index (χ1n) is 10.8. The van der Waals surface area contributed by atoms with Crippen LogP contribution in [-0.2, 0) is 16.1 Å². The van der Waals surface area contributed by atoms with Crippen molar-refractivity contribution in [1.82, 2.24) is 24.6 Å². The highest BCUT2D eigenvalue weighted by molar-refractivity contribution is 6.06. The van der Waals surface area contributed by atoms with Crippen LogP contribution in [0.1, 0.15) is 12.8 Å². The summed E-state index contributed by atoms with van der Waals surface area (Å²) in [6.07, 6.45) is 2.05. The molecule has 0 unspecified atom stereocenters. The van der Waals surface area contributed by atoms with E-state index in [1.807, 2.05) is 54.6 Å².